The summed E-state index contributed by atoms with van der Waals surface area (Å²) in [4.78, 5) is 26.9. The molecule has 9 heteroatoms. The number of para-hydroxylation sites is 2. The van der Waals surface area contributed by atoms with Gasteiger partial charge in [-0.3, -0.25) is 9.59 Å². The summed E-state index contributed by atoms with van der Waals surface area (Å²) in [6.07, 6.45) is 2.76. The van der Waals surface area contributed by atoms with Gasteiger partial charge in [0.2, 0.25) is 10.0 Å². The van der Waals surface area contributed by atoms with Gasteiger partial charge in [-0.05, 0) is 61.4 Å². The van der Waals surface area contributed by atoms with Gasteiger partial charge in [0.15, 0.2) is 6.61 Å². The Morgan fingerprint density at radius 2 is 1.36 bits per heavy atom. The predicted octanol–water partition coefficient (Wildman–Crippen LogP) is 4.18. The van der Waals surface area contributed by atoms with Crippen molar-refractivity contribution in [2.24, 2.45) is 0 Å². The van der Waals surface area contributed by atoms with E-state index in [-0.39, 0.29) is 11.4 Å². The molecule has 1 N–H and O–H groups in total. The molecule has 36 heavy (non-hydrogen) atoms. The monoisotopic (exact) mass is 507 g/mol. The number of hydrogen-bond donors (Lipinski definition) is 1. The van der Waals surface area contributed by atoms with Crippen LogP contribution in [-0.4, -0.2) is 50.8 Å². The number of anilines is 3. The van der Waals surface area contributed by atoms with E-state index in [1.54, 1.807) is 0 Å². The van der Waals surface area contributed by atoms with E-state index in [1.807, 2.05) is 65.6 Å². The Bertz CT molecular complexity index is 1220. The van der Waals surface area contributed by atoms with Crippen LogP contribution in [0, 0.1) is 0 Å². The lowest BCUT2D eigenvalue weighted by molar-refractivity contribution is -0.145. The number of rotatable bonds is 9. The van der Waals surface area contributed by atoms with Crippen LogP contribution in [0.15, 0.2) is 89.8 Å². The molecule has 8 nitrogen and oxygen atoms in total. The zero-order valence-electron chi connectivity index (χ0n) is 19.9. The lowest BCUT2D eigenvalue weighted by Gasteiger charge is -2.25. The second-order valence-corrected chi connectivity index (χ2v) is 10.4. The van der Waals surface area contributed by atoms with E-state index in [0.717, 1.165) is 30.6 Å². The summed E-state index contributed by atoms with van der Waals surface area (Å²) in [5.41, 5.74) is 2.07. The number of hydrogen-bond acceptors (Lipinski definition) is 6. The van der Waals surface area contributed by atoms with Gasteiger partial charge in [-0.2, -0.15) is 4.31 Å². The molecule has 0 saturated carbocycles. The first-order valence-electron chi connectivity index (χ1n) is 11.9. The average Bonchev–Trinajstić information content (AvgIpc) is 2.92. The van der Waals surface area contributed by atoms with Crippen LogP contribution >= 0.6 is 0 Å². The van der Waals surface area contributed by atoms with Crippen LogP contribution in [0.4, 0.5) is 17.1 Å². The van der Waals surface area contributed by atoms with Crippen LogP contribution in [-0.2, 0) is 24.3 Å². The molecular formula is C27H29N3O5S. The minimum atomic E-state index is -3.54. The van der Waals surface area contributed by atoms with Crippen LogP contribution in [0.5, 0.6) is 0 Å². The standard InChI is InChI=1S/C27H29N3O5S/c31-26(28-22-14-16-25(17-15-22)36(33,34)29-18-8-3-9-19-29)21-35-27(32)20-30(23-10-4-1-5-11-23)24-12-6-2-7-13-24/h1-2,4-7,10-17H,3,8-9,18-21H2,(H,28,31). The lowest BCUT2D eigenvalue weighted by atomic mass is 10.2. The molecule has 0 radical (unpaired) electrons. The normalized spacial score (nSPS) is 14.1. The summed E-state index contributed by atoms with van der Waals surface area (Å²) in [5, 5.41) is 2.63. The van der Waals surface area contributed by atoms with Gasteiger partial charge < -0.3 is 15.0 Å². The van der Waals surface area contributed by atoms with Crippen LogP contribution in [0.25, 0.3) is 0 Å². The minimum absolute atomic E-state index is 0.0651. The molecule has 1 aliphatic heterocycles. The molecule has 1 heterocycles. The number of benzene rings is 3. The van der Waals surface area contributed by atoms with Crippen molar-refractivity contribution in [1.29, 1.82) is 0 Å². The summed E-state index contributed by atoms with van der Waals surface area (Å²) in [6.45, 7) is 0.533. The summed E-state index contributed by atoms with van der Waals surface area (Å²) in [6, 6.07) is 24.9. The maximum atomic E-state index is 12.8. The van der Waals surface area contributed by atoms with Crippen molar-refractivity contribution < 1.29 is 22.7 Å². The highest BCUT2D eigenvalue weighted by atomic mass is 32.2. The summed E-state index contributed by atoms with van der Waals surface area (Å²) in [5.74, 6) is -1.07. The number of carbonyl (C=O) groups excluding carboxylic acids is 2. The first-order chi connectivity index (χ1) is 17.4. The van der Waals surface area contributed by atoms with Crippen molar-refractivity contribution in [3.8, 4) is 0 Å². The molecule has 1 saturated heterocycles. The molecule has 0 spiro atoms. The minimum Gasteiger partial charge on any atom is -0.454 e. The molecule has 1 aliphatic rings. The van der Waals surface area contributed by atoms with E-state index in [1.165, 1.54) is 28.6 Å². The van der Waals surface area contributed by atoms with Crippen molar-refractivity contribution in [2.45, 2.75) is 24.2 Å². The van der Waals surface area contributed by atoms with Crippen LogP contribution in [0.3, 0.4) is 0 Å². The Morgan fingerprint density at radius 1 is 0.806 bits per heavy atom. The molecule has 3 aromatic carbocycles. The third-order valence-corrected chi connectivity index (χ3v) is 7.79. The molecule has 3 aromatic rings. The summed E-state index contributed by atoms with van der Waals surface area (Å²) in [7, 11) is -3.54. The van der Waals surface area contributed by atoms with E-state index in [2.05, 4.69) is 5.32 Å². The first kappa shape index (κ1) is 25.4. The second-order valence-electron chi connectivity index (χ2n) is 8.46. The average molecular weight is 508 g/mol. The predicted molar refractivity (Wildman–Crippen MR) is 139 cm³/mol. The first-order valence-corrected chi connectivity index (χ1v) is 13.3. The van der Waals surface area contributed by atoms with E-state index >= 15 is 0 Å². The van der Waals surface area contributed by atoms with Crippen molar-refractivity contribution >= 4 is 39.0 Å². The number of sulfonamides is 1. The molecule has 188 valence electrons. The topological polar surface area (TPSA) is 96.0 Å². The fourth-order valence-electron chi connectivity index (χ4n) is 4.03. The maximum Gasteiger partial charge on any atom is 0.326 e. The van der Waals surface area contributed by atoms with Gasteiger partial charge >= 0.3 is 5.97 Å². The smallest absolute Gasteiger partial charge is 0.326 e. The van der Waals surface area contributed by atoms with Crippen LogP contribution in [0.1, 0.15) is 19.3 Å². The fourth-order valence-corrected chi connectivity index (χ4v) is 5.55. The highest BCUT2D eigenvalue weighted by molar-refractivity contribution is 7.89. The number of piperidine rings is 1. The van der Waals surface area contributed by atoms with Crippen molar-refractivity contribution in [2.75, 3.05) is 36.5 Å². The number of nitrogens with one attached hydrogen (secondary N) is 1. The summed E-state index contributed by atoms with van der Waals surface area (Å²) >= 11 is 0. The van der Waals surface area contributed by atoms with E-state index < -0.39 is 28.5 Å². The number of amides is 1. The highest BCUT2D eigenvalue weighted by Crippen LogP contribution is 2.25. The third kappa shape index (κ3) is 6.50. The summed E-state index contributed by atoms with van der Waals surface area (Å²) < 4.78 is 32.2. The fraction of sp³-hybridized carbons (Fsp3) is 0.259. The van der Waals surface area contributed by atoms with Gasteiger partial charge in [-0.25, -0.2) is 8.42 Å². The zero-order valence-corrected chi connectivity index (χ0v) is 20.7. The van der Waals surface area contributed by atoms with E-state index in [4.69, 9.17) is 4.74 Å². The molecule has 1 fully saturated rings. The van der Waals surface area contributed by atoms with Gasteiger partial charge in [0.05, 0.1) is 4.90 Å². The molecule has 1 amide bonds. The number of carbonyl (C=O) groups is 2. The maximum absolute atomic E-state index is 12.8. The van der Waals surface area contributed by atoms with Gasteiger partial charge in [0, 0.05) is 30.2 Å². The molecule has 4 rings (SSSR count). The van der Waals surface area contributed by atoms with Gasteiger partial charge in [0.25, 0.3) is 5.91 Å². The molecular weight excluding hydrogens is 478 g/mol. The van der Waals surface area contributed by atoms with Gasteiger partial charge in [-0.1, -0.05) is 42.8 Å². The molecule has 0 atom stereocenters. The zero-order chi connectivity index (χ0) is 25.4. The number of nitrogens with zero attached hydrogens (tertiary/aromatic N) is 2. The Labute approximate surface area is 211 Å². The largest absolute Gasteiger partial charge is 0.454 e. The second kappa shape index (κ2) is 11.8. The Hall–Kier alpha value is -3.69. The SMILES string of the molecule is O=C(COC(=O)CN(c1ccccc1)c1ccccc1)Nc1ccc(S(=O)(=O)N2CCCCC2)cc1. The molecule has 0 aliphatic carbocycles. The van der Waals surface area contributed by atoms with Crippen molar-refractivity contribution in [1.82, 2.24) is 4.31 Å². The van der Waals surface area contributed by atoms with Crippen molar-refractivity contribution in [3.63, 3.8) is 0 Å². The third-order valence-electron chi connectivity index (χ3n) is 5.88. The molecule has 0 aromatic heterocycles. The van der Waals surface area contributed by atoms with Crippen molar-refractivity contribution in [3.05, 3.63) is 84.9 Å². The van der Waals surface area contributed by atoms with Gasteiger partial charge in [0.1, 0.15) is 6.54 Å². The Balaban J connectivity index is 1.31. The Morgan fingerprint density at radius 3 is 1.92 bits per heavy atom. The van der Waals surface area contributed by atoms with Crippen LogP contribution in [0.2, 0.25) is 0 Å². The Kier molecular flexibility index (Phi) is 8.35. The highest BCUT2D eigenvalue weighted by Gasteiger charge is 2.25. The number of ether oxygens (including phenoxy) is 1. The van der Waals surface area contributed by atoms with Gasteiger partial charge in [-0.15, -0.1) is 0 Å². The molecule has 0 unspecified atom stereocenters. The molecule has 0 bridgehead atoms. The quantitative estimate of drug-likeness (QED) is 0.437. The number of esters is 1. The van der Waals surface area contributed by atoms with E-state index in [9.17, 15) is 18.0 Å². The van der Waals surface area contributed by atoms with E-state index in [0.29, 0.717) is 18.8 Å². The van der Waals surface area contributed by atoms with Crippen LogP contribution < -0.4 is 10.2 Å². The lowest BCUT2D eigenvalue weighted by Crippen LogP contribution is -2.35.